The third-order valence-electron chi connectivity index (χ3n) is 4.41. The molecule has 3 heteroatoms. The summed E-state index contributed by atoms with van der Waals surface area (Å²) in [4.78, 5) is 9.89. The Morgan fingerprint density at radius 1 is 0.667 bits per heavy atom. The number of rotatable bonds is 1. The summed E-state index contributed by atoms with van der Waals surface area (Å²) < 4.78 is 0. The van der Waals surface area contributed by atoms with Crippen molar-refractivity contribution in [2.45, 2.75) is 34.6 Å². The fourth-order valence-corrected chi connectivity index (χ4v) is 2.98. The summed E-state index contributed by atoms with van der Waals surface area (Å²) in [7, 11) is 1.95. The van der Waals surface area contributed by atoms with Gasteiger partial charge in [0, 0.05) is 18.3 Å². The molecule has 0 saturated heterocycles. The van der Waals surface area contributed by atoms with Crippen LogP contribution in [0.4, 0.5) is 5.69 Å². The Bertz CT molecular complexity index is 879. The number of benzene rings is 2. The van der Waals surface area contributed by atoms with Crippen molar-refractivity contribution in [3.8, 4) is 0 Å². The molecule has 0 radical (unpaired) electrons. The molecular formula is C18H21N3. The van der Waals surface area contributed by atoms with E-state index in [4.69, 9.17) is 9.97 Å². The van der Waals surface area contributed by atoms with Crippen LogP contribution in [0.15, 0.2) is 12.1 Å². The molecule has 0 saturated carbocycles. The molecular weight excluding hydrogens is 258 g/mol. The second kappa shape index (κ2) is 4.69. The maximum absolute atomic E-state index is 4.95. The molecule has 0 aliphatic carbocycles. The summed E-state index contributed by atoms with van der Waals surface area (Å²) >= 11 is 0. The lowest BCUT2D eigenvalue weighted by atomic mass is 10.0. The van der Waals surface area contributed by atoms with E-state index in [0.717, 1.165) is 38.9 Å². The van der Waals surface area contributed by atoms with Crippen LogP contribution in [0, 0.1) is 34.6 Å². The lowest BCUT2D eigenvalue weighted by molar-refractivity contribution is 1.25. The third kappa shape index (κ3) is 1.96. The highest BCUT2D eigenvalue weighted by atomic mass is 14.9. The van der Waals surface area contributed by atoms with Crippen LogP contribution in [0.1, 0.15) is 27.8 Å². The minimum atomic E-state index is 0.998. The normalized spacial score (nSPS) is 11.3. The molecule has 0 atom stereocenters. The van der Waals surface area contributed by atoms with E-state index >= 15 is 0 Å². The predicted octanol–water partition coefficient (Wildman–Crippen LogP) is 4.37. The van der Waals surface area contributed by atoms with E-state index < -0.39 is 0 Å². The number of fused-ring (bicyclic) bond motifs is 2. The van der Waals surface area contributed by atoms with Gasteiger partial charge in [-0.1, -0.05) is 6.07 Å². The first-order valence-electron chi connectivity index (χ1n) is 7.30. The van der Waals surface area contributed by atoms with E-state index in [-0.39, 0.29) is 0 Å². The van der Waals surface area contributed by atoms with Crippen LogP contribution >= 0.6 is 0 Å². The van der Waals surface area contributed by atoms with E-state index in [9.17, 15) is 0 Å². The second-order valence-corrected chi connectivity index (χ2v) is 5.87. The van der Waals surface area contributed by atoms with Crippen LogP contribution < -0.4 is 5.32 Å². The molecule has 21 heavy (non-hydrogen) atoms. The molecule has 3 rings (SSSR count). The Hall–Kier alpha value is -2.16. The molecule has 0 unspecified atom stereocenters. The SMILES string of the molecule is CNc1cc(C)c2nc3c(C)c(C)cc(C)c3nc2c1C. The van der Waals surface area contributed by atoms with Crippen molar-refractivity contribution < 1.29 is 0 Å². The number of aryl methyl sites for hydroxylation is 5. The highest BCUT2D eigenvalue weighted by Gasteiger charge is 2.13. The van der Waals surface area contributed by atoms with Gasteiger partial charge in [0.2, 0.25) is 0 Å². The lowest BCUT2D eigenvalue weighted by Gasteiger charge is -2.14. The molecule has 108 valence electrons. The average molecular weight is 279 g/mol. The van der Waals surface area contributed by atoms with Gasteiger partial charge in [-0.25, -0.2) is 9.97 Å². The summed E-state index contributed by atoms with van der Waals surface area (Å²) in [6.45, 7) is 10.6. The summed E-state index contributed by atoms with van der Waals surface area (Å²) in [5.41, 5.74) is 11.2. The highest BCUT2D eigenvalue weighted by molar-refractivity contribution is 5.95. The van der Waals surface area contributed by atoms with Crippen molar-refractivity contribution in [3.05, 3.63) is 39.9 Å². The quantitative estimate of drug-likeness (QED) is 0.672. The molecule has 3 nitrogen and oxygen atoms in total. The van der Waals surface area contributed by atoms with Gasteiger partial charge < -0.3 is 5.32 Å². The Morgan fingerprint density at radius 2 is 1.19 bits per heavy atom. The molecule has 0 bridgehead atoms. The Labute approximate surface area is 125 Å². The number of hydrogen-bond donors (Lipinski definition) is 1. The third-order valence-corrected chi connectivity index (χ3v) is 4.41. The first-order valence-corrected chi connectivity index (χ1v) is 7.30. The maximum Gasteiger partial charge on any atom is 0.0947 e. The second-order valence-electron chi connectivity index (χ2n) is 5.87. The van der Waals surface area contributed by atoms with Crippen molar-refractivity contribution in [1.82, 2.24) is 9.97 Å². The maximum atomic E-state index is 4.95. The first-order chi connectivity index (χ1) is 9.93. The summed E-state index contributed by atoms with van der Waals surface area (Å²) in [6.07, 6.45) is 0. The Balaban J connectivity index is 2.55. The van der Waals surface area contributed by atoms with Crippen molar-refractivity contribution in [1.29, 1.82) is 0 Å². The Morgan fingerprint density at radius 3 is 1.76 bits per heavy atom. The van der Waals surface area contributed by atoms with E-state index in [0.29, 0.717) is 0 Å². The molecule has 1 heterocycles. The topological polar surface area (TPSA) is 37.8 Å². The highest BCUT2D eigenvalue weighted by Crippen LogP contribution is 2.30. The summed E-state index contributed by atoms with van der Waals surface area (Å²) in [6, 6.07) is 4.35. The minimum absolute atomic E-state index is 0.998. The zero-order chi connectivity index (χ0) is 15.3. The summed E-state index contributed by atoms with van der Waals surface area (Å²) in [5, 5.41) is 3.24. The van der Waals surface area contributed by atoms with Gasteiger partial charge in [0.1, 0.15) is 0 Å². The lowest BCUT2D eigenvalue weighted by Crippen LogP contribution is -2.00. The van der Waals surface area contributed by atoms with Crippen molar-refractivity contribution in [2.75, 3.05) is 12.4 Å². The molecule has 0 spiro atoms. The zero-order valence-corrected chi connectivity index (χ0v) is 13.5. The number of hydrogen-bond acceptors (Lipinski definition) is 3. The average Bonchev–Trinajstić information content (AvgIpc) is 2.47. The van der Waals surface area contributed by atoms with Gasteiger partial charge >= 0.3 is 0 Å². The zero-order valence-electron chi connectivity index (χ0n) is 13.5. The van der Waals surface area contributed by atoms with Gasteiger partial charge in [0.05, 0.1) is 22.1 Å². The van der Waals surface area contributed by atoms with Crippen LogP contribution in [0.3, 0.4) is 0 Å². The summed E-state index contributed by atoms with van der Waals surface area (Å²) in [5.74, 6) is 0. The van der Waals surface area contributed by atoms with Crippen LogP contribution in [-0.2, 0) is 0 Å². The van der Waals surface area contributed by atoms with E-state index in [1.54, 1.807) is 0 Å². The minimum Gasteiger partial charge on any atom is -0.388 e. The monoisotopic (exact) mass is 279 g/mol. The van der Waals surface area contributed by atoms with Gasteiger partial charge in [-0.3, -0.25) is 0 Å². The van der Waals surface area contributed by atoms with Gasteiger partial charge in [-0.05, 0) is 62.9 Å². The molecule has 0 aliphatic heterocycles. The van der Waals surface area contributed by atoms with Gasteiger partial charge in [-0.15, -0.1) is 0 Å². The number of nitrogens with one attached hydrogen (secondary N) is 1. The number of nitrogens with zero attached hydrogens (tertiary/aromatic N) is 2. The number of anilines is 1. The van der Waals surface area contributed by atoms with Crippen LogP contribution in [-0.4, -0.2) is 17.0 Å². The van der Waals surface area contributed by atoms with Crippen LogP contribution in [0.25, 0.3) is 22.1 Å². The molecule has 1 N–H and O–H groups in total. The van der Waals surface area contributed by atoms with Crippen LogP contribution in [0.5, 0.6) is 0 Å². The fraction of sp³-hybridized carbons (Fsp3) is 0.333. The predicted molar refractivity (Wildman–Crippen MR) is 90.3 cm³/mol. The molecule has 1 aromatic heterocycles. The van der Waals surface area contributed by atoms with Crippen LogP contribution in [0.2, 0.25) is 0 Å². The van der Waals surface area contributed by atoms with E-state index in [1.165, 1.54) is 16.7 Å². The van der Waals surface area contributed by atoms with Crippen molar-refractivity contribution in [2.24, 2.45) is 0 Å². The first kappa shape index (κ1) is 13.8. The largest absolute Gasteiger partial charge is 0.388 e. The molecule has 0 fully saturated rings. The Kier molecular flexibility index (Phi) is 3.08. The molecule has 2 aromatic carbocycles. The van der Waals surface area contributed by atoms with E-state index in [2.05, 4.69) is 52.1 Å². The molecule has 3 aromatic rings. The number of aromatic nitrogens is 2. The van der Waals surface area contributed by atoms with Gasteiger partial charge in [-0.2, -0.15) is 0 Å². The smallest absolute Gasteiger partial charge is 0.0947 e. The molecule has 0 aliphatic rings. The van der Waals surface area contributed by atoms with E-state index in [1.807, 2.05) is 7.05 Å². The van der Waals surface area contributed by atoms with Crippen molar-refractivity contribution in [3.63, 3.8) is 0 Å². The molecule has 0 amide bonds. The van der Waals surface area contributed by atoms with Crippen molar-refractivity contribution >= 4 is 27.8 Å². The standard InChI is InChI=1S/C18H21N3/c1-9-7-10(2)15-17(12(9)4)20-16-11(3)8-14(19-6)13(5)18(16)21-15/h7-8,19H,1-6H3. The fourth-order valence-electron chi connectivity index (χ4n) is 2.98. The van der Waals surface area contributed by atoms with Gasteiger partial charge in [0.15, 0.2) is 0 Å². The van der Waals surface area contributed by atoms with Gasteiger partial charge in [0.25, 0.3) is 0 Å².